The first-order valence-corrected chi connectivity index (χ1v) is 5.92. The predicted octanol–water partition coefficient (Wildman–Crippen LogP) is 4.03. The van der Waals surface area contributed by atoms with Crippen molar-refractivity contribution in [3.05, 3.63) is 70.0 Å². The van der Waals surface area contributed by atoms with Gasteiger partial charge in [-0.1, -0.05) is 17.7 Å². The highest BCUT2D eigenvalue weighted by atomic mass is 35.5. The van der Waals surface area contributed by atoms with Gasteiger partial charge in [0.05, 0.1) is 6.10 Å². The van der Waals surface area contributed by atoms with Crippen molar-refractivity contribution in [3.63, 3.8) is 0 Å². The van der Waals surface area contributed by atoms with E-state index in [1.54, 1.807) is 0 Å². The van der Waals surface area contributed by atoms with Crippen LogP contribution in [0.1, 0.15) is 17.2 Å². The molecule has 1 nitrogen and oxygen atoms in total. The molecule has 1 N–H and O–H groups in total. The highest BCUT2D eigenvalue weighted by Crippen LogP contribution is 2.26. The molecule has 100 valence electrons. The van der Waals surface area contributed by atoms with Crippen molar-refractivity contribution in [3.8, 4) is 0 Å². The van der Waals surface area contributed by atoms with Gasteiger partial charge >= 0.3 is 0 Å². The highest BCUT2D eigenvalue weighted by molar-refractivity contribution is 6.31. The first-order valence-electron chi connectivity index (χ1n) is 5.54. The fourth-order valence-corrected chi connectivity index (χ4v) is 1.98. The van der Waals surface area contributed by atoms with Crippen LogP contribution in [0.4, 0.5) is 13.2 Å². The van der Waals surface area contributed by atoms with Crippen LogP contribution in [0.25, 0.3) is 0 Å². The molecule has 0 heterocycles. The first kappa shape index (κ1) is 13.9. The molecular formula is C14H10ClF3O. The quantitative estimate of drug-likeness (QED) is 0.903. The van der Waals surface area contributed by atoms with Crippen molar-refractivity contribution < 1.29 is 18.3 Å². The zero-order valence-electron chi connectivity index (χ0n) is 9.71. The van der Waals surface area contributed by atoms with Crippen LogP contribution >= 0.6 is 11.6 Å². The number of hydrogen-bond acceptors (Lipinski definition) is 1. The van der Waals surface area contributed by atoms with Crippen LogP contribution in [0.15, 0.2) is 36.4 Å². The summed E-state index contributed by atoms with van der Waals surface area (Å²) >= 11 is 5.86. The number of halogens is 4. The van der Waals surface area contributed by atoms with Crippen molar-refractivity contribution in [2.24, 2.45) is 0 Å². The summed E-state index contributed by atoms with van der Waals surface area (Å²) in [5, 5.41) is 10.2. The Morgan fingerprint density at radius 2 is 1.63 bits per heavy atom. The van der Waals surface area contributed by atoms with Gasteiger partial charge in [-0.15, -0.1) is 0 Å². The minimum absolute atomic E-state index is 0.0540. The maximum atomic E-state index is 13.5. The van der Waals surface area contributed by atoms with E-state index in [0.29, 0.717) is 11.6 Å². The molecule has 0 aliphatic heterocycles. The molecule has 5 heteroatoms. The third-order valence-corrected chi connectivity index (χ3v) is 3.11. The monoisotopic (exact) mass is 286 g/mol. The van der Waals surface area contributed by atoms with Crippen molar-refractivity contribution in [2.45, 2.75) is 12.5 Å². The van der Waals surface area contributed by atoms with Gasteiger partial charge in [-0.05, 0) is 29.8 Å². The summed E-state index contributed by atoms with van der Waals surface area (Å²) in [6, 6.07) is 6.62. The van der Waals surface area contributed by atoms with E-state index in [0.717, 1.165) is 12.1 Å². The van der Waals surface area contributed by atoms with E-state index in [2.05, 4.69) is 0 Å². The zero-order chi connectivity index (χ0) is 14.0. The summed E-state index contributed by atoms with van der Waals surface area (Å²) in [7, 11) is 0. The standard InChI is InChI=1S/C14H10ClF3O/c15-12-4-2-9(16)5-8(12)6-14(19)11-3-1-10(17)7-13(11)18/h1-5,7,14,19H,6H2. The van der Waals surface area contributed by atoms with Crippen LogP contribution in [0.2, 0.25) is 5.02 Å². The first-order chi connectivity index (χ1) is 8.97. The lowest BCUT2D eigenvalue weighted by molar-refractivity contribution is 0.173. The van der Waals surface area contributed by atoms with Gasteiger partial charge in [0.15, 0.2) is 0 Å². The summed E-state index contributed by atoms with van der Waals surface area (Å²) in [5.41, 5.74) is 0.305. The molecule has 2 rings (SSSR count). The Balaban J connectivity index is 2.25. The fourth-order valence-electron chi connectivity index (χ4n) is 1.79. The summed E-state index contributed by atoms with van der Waals surface area (Å²) < 4.78 is 39.3. The minimum atomic E-state index is -1.22. The number of rotatable bonds is 3. The second-order valence-corrected chi connectivity index (χ2v) is 4.53. The maximum Gasteiger partial charge on any atom is 0.131 e. The number of aliphatic hydroxyl groups excluding tert-OH is 1. The SMILES string of the molecule is OC(Cc1cc(F)ccc1Cl)c1ccc(F)cc1F. The summed E-state index contributed by atoms with van der Waals surface area (Å²) in [6.07, 6.45) is -1.28. The Morgan fingerprint density at radius 1 is 1.00 bits per heavy atom. The van der Waals surface area contributed by atoms with Gasteiger partial charge in [0.2, 0.25) is 0 Å². The molecule has 0 aromatic heterocycles. The molecule has 0 saturated carbocycles. The second kappa shape index (κ2) is 5.63. The Kier molecular flexibility index (Phi) is 4.12. The van der Waals surface area contributed by atoms with Crippen molar-refractivity contribution in [2.75, 3.05) is 0 Å². The van der Waals surface area contributed by atoms with E-state index >= 15 is 0 Å². The predicted molar refractivity (Wildman–Crippen MR) is 66.4 cm³/mol. The van der Waals surface area contributed by atoms with E-state index in [-0.39, 0.29) is 17.0 Å². The lowest BCUT2D eigenvalue weighted by atomic mass is 10.0. The maximum absolute atomic E-state index is 13.5. The Labute approximate surface area is 113 Å². The molecule has 1 unspecified atom stereocenters. The van der Waals surface area contributed by atoms with E-state index in [9.17, 15) is 18.3 Å². The van der Waals surface area contributed by atoms with E-state index < -0.39 is 23.6 Å². The molecule has 0 radical (unpaired) electrons. The fraction of sp³-hybridized carbons (Fsp3) is 0.143. The van der Waals surface area contributed by atoms with Crippen LogP contribution < -0.4 is 0 Å². The van der Waals surface area contributed by atoms with Crippen molar-refractivity contribution >= 4 is 11.6 Å². The molecule has 0 amide bonds. The van der Waals surface area contributed by atoms with Gasteiger partial charge in [0, 0.05) is 23.1 Å². The molecule has 0 aliphatic rings. The lowest BCUT2D eigenvalue weighted by Gasteiger charge is -2.13. The summed E-state index contributed by atoms with van der Waals surface area (Å²) in [6.45, 7) is 0. The molecule has 0 saturated heterocycles. The summed E-state index contributed by atoms with van der Waals surface area (Å²) in [5.74, 6) is -2.07. The lowest BCUT2D eigenvalue weighted by Crippen LogP contribution is -2.05. The number of aliphatic hydroxyl groups is 1. The third kappa shape index (κ3) is 3.28. The number of benzene rings is 2. The van der Waals surface area contributed by atoms with Crippen LogP contribution in [0, 0.1) is 17.5 Å². The topological polar surface area (TPSA) is 20.2 Å². The Bertz CT molecular complexity index is 601. The molecule has 0 aliphatic carbocycles. The Hall–Kier alpha value is -1.52. The molecule has 2 aromatic carbocycles. The van der Waals surface area contributed by atoms with E-state index in [1.807, 2.05) is 0 Å². The third-order valence-electron chi connectivity index (χ3n) is 2.74. The smallest absolute Gasteiger partial charge is 0.131 e. The second-order valence-electron chi connectivity index (χ2n) is 4.12. The largest absolute Gasteiger partial charge is 0.388 e. The molecular weight excluding hydrogens is 277 g/mol. The van der Waals surface area contributed by atoms with Gasteiger partial charge in [-0.2, -0.15) is 0 Å². The van der Waals surface area contributed by atoms with Gasteiger partial charge in [0.1, 0.15) is 17.5 Å². The van der Waals surface area contributed by atoms with E-state index in [4.69, 9.17) is 11.6 Å². The van der Waals surface area contributed by atoms with Gasteiger partial charge < -0.3 is 5.11 Å². The Morgan fingerprint density at radius 3 is 2.32 bits per heavy atom. The van der Waals surface area contributed by atoms with Crippen molar-refractivity contribution in [1.82, 2.24) is 0 Å². The van der Waals surface area contributed by atoms with Crippen LogP contribution in [-0.2, 0) is 6.42 Å². The average Bonchev–Trinajstić information content (AvgIpc) is 2.33. The average molecular weight is 287 g/mol. The molecule has 2 aromatic rings. The molecule has 1 atom stereocenters. The van der Waals surface area contributed by atoms with Crippen LogP contribution in [0.5, 0.6) is 0 Å². The number of hydrogen-bond donors (Lipinski definition) is 1. The van der Waals surface area contributed by atoms with Crippen LogP contribution in [-0.4, -0.2) is 5.11 Å². The van der Waals surface area contributed by atoms with Gasteiger partial charge in [-0.3, -0.25) is 0 Å². The van der Waals surface area contributed by atoms with Gasteiger partial charge in [-0.25, -0.2) is 13.2 Å². The molecule has 0 bridgehead atoms. The summed E-state index contributed by atoms with van der Waals surface area (Å²) in [4.78, 5) is 0. The van der Waals surface area contributed by atoms with Crippen LogP contribution in [0.3, 0.4) is 0 Å². The minimum Gasteiger partial charge on any atom is -0.388 e. The highest BCUT2D eigenvalue weighted by Gasteiger charge is 2.16. The van der Waals surface area contributed by atoms with Crippen molar-refractivity contribution in [1.29, 1.82) is 0 Å². The van der Waals surface area contributed by atoms with Gasteiger partial charge in [0.25, 0.3) is 0 Å². The molecule has 0 fully saturated rings. The molecule has 19 heavy (non-hydrogen) atoms. The zero-order valence-corrected chi connectivity index (χ0v) is 10.5. The normalized spacial score (nSPS) is 12.5. The molecule has 0 spiro atoms. The van der Waals surface area contributed by atoms with E-state index in [1.165, 1.54) is 18.2 Å².